The lowest BCUT2D eigenvalue weighted by Gasteiger charge is -2.35. The Morgan fingerprint density at radius 1 is 1.55 bits per heavy atom. The number of aromatic nitrogens is 2. The highest BCUT2D eigenvalue weighted by Gasteiger charge is 2.30. The van der Waals surface area contributed by atoms with Gasteiger partial charge in [-0.1, -0.05) is 13.8 Å². The highest BCUT2D eigenvalue weighted by molar-refractivity contribution is 9.10. The monoisotopic (exact) mass is 341 g/mol. The first kappa shape index (κ1) is 15.0. The summed E-state index contributed by atoms with van der Waals surface area (Å²) in [4.78, 5) is 22.8. The fourth-order valence-electron chi connectivity index (χ4n) is 2.26. The van der Waals surface area contributed by atoms with Crippen LogP contribution >= 0.6 is 15.9 Å². The number of carbonyl (C=O) groups excluding carboxylic acids is 1. The van der Waals surface area contributed by atoms with Crippen LogP contribution in [0.2, 0.25) is 0 Å². The van der Waals surface area contributed by atoms with Gasteiger partial charge in [-0.25, -0.2) is 4.98 Å². The molecule has 2 N–H and O–H groups in total. The summed E-state index contributed by atoms with van der Waals surface area (Å²) in [6, 6.07) is -0.172. The molecule has 1 atom stereocenters. The van der Waals surface area contributed by atoms with Gasteiger partial charge in [0.1, 0.15) is 11.9 Å². The van der Waals surface area contributed by atoms with Gasteiger partial charge in [-0.3, -0.25) is 4.79 Å². The van der Waals surface area contributed by atoms with Crippen molar-refractivity contribution in [2.75, 3.05) is 29.9 Å². The predicted molar refractivity (Wildman–Crippen MR) is 82.9 cm³/mol. The summed E-state index contributed by atoms with van der Waals surface area (Å²) >= 11 is 3.48. The topological polar surface area (TPSA) is 70.2 Å². The van der Waals surface area contributed by atoms with Crippen LogP contribution in [-0.2, 0) is 4.79 Å². The van der Waals surface area contributed by atoms with Crippen molar-refractivity contribution in [2.24, 2.45) is 0 Å². The first-order valence-electron chi connectivity index (χ1n) is 6.98. The van der Waals surface area contributed by atoms with Gasteiger partial charge in [0.15, 0.2) is 0 Å². The van der Waals surface area contributed by atoms with E-state index in [0.717, 1.165) is 36.2 Å². The Kier molecular flexibility index (Phi) is 5.17. The van der Waals surface area contributed by atoms with Gasteiger partial charge in [0.05, 0.1) is 4.47 Å². The van der Waals surface area contributed by atoms with Crippen LogP contribution in [0.1, 0.15) is 26.7 Å². The van der Waals surface area contributed by atoms with E-state index in [2.05, 4.69) is 43.5 Å². The van der Waals surface area contributed by atoms with Gasteiger partial charge in [-0.15, -0.1) is 0 Å². The van der Waals surface area contributed by atoms with Crippen LogP contribution in [0.25, 0.3) is 0 Å². The van der Waals surface area contributed by atoms with E-state index in [9.17, 15) is 4.79 Å². The summed E-state index contributed by atoms with van der Waals surface area (Å²) < 4.78 is 0.813. The van der Waals surface area contributed by atoms with Crippen LogP contribution < -0.4 is 15.5 Å². The summed E-state index contributed by atoms with van der Waals surface area (Å²) in [7, 11) is 0. The van der Waals surface area contributed by atoms with E-state index in [1.807, 2.05) is 11.8 Å². The number of hydrogen-bond acceptors (Lipinski definition) is 5. The third-order valence-electron chi connectivity index (χ3n) is 3.25. The molecule has 0 aromatic carbocycles. The van der Waals surface area contributed by atoms with Gasteiger partial charge >= 0.3 is 0 Å². The summed E-state index contributed by atoms with van der Waals surface area (Å²) in [6.07, 6.45) is 3.50. The van der Waals surface area contributed by atoms with Crippen molar-refractivity contribution < 1.29 is 4.79 Å². The first-order chi connectivity index (χ1) is 9.67. The number of anilines is 2. The Morgan fingerprint density at radius 3 is 3.05 bits per heavy atom. The van der Waals surface area contributed by atoms with Gasteiger partial charge in [-0.2, -0.15) is 4.98 Å². The second-order valence-electron chi connectivity index (χ2n) is 4.70. The van der Waals surface area contributed by atoms with Gasteiger partial charge < -0.3 is 15.5 Å². The zero-order chi connectivity index (χ0) is 14.5. The molecule has 0 saturated carbocycles. The van der Waals surface area contributed by atoms with Crippen molar-refractivity contribution in [3.63, 3.8) is 0 Å². The Balaban J connectivity index is 2.27. The minimum atomic E-state index is -0.172. The highest BCUT2D eigenvalue weighted by atomic mass is 79.9. The number of rotatable bonds is 5. The van der Waals surface area contributed by atoms with E-state index in [-0.39, 0.29) is 11.9 Å². The molecule has 0 bridgehead atoms. The molecule has 0 spiro atoms. The maximum atomic E-state index is 12.0. The van der Waals surface area contributed by atoms with E-state index in [1.165, 1.54) is 0 Å². The maximum Gasteiger partial charge on any atom is 0.242 e. The largest absolute Gasteiger partial charge is 0.354 e. The number of nitrogens with one attached hydrogen (secondary N) is 2. The molecule has 7 heteroatoms. The molecule has 1 aliphatic heterocycles. The number of piperazine rings is 1. The standard InChI is InChI=1S/C13H20BrN5O/c1-3-5-16-13-17-8-9(14)11(18-13)19-7-6-15-12(20)10(19)4-2/h8,10H,3-7H2,1-2H3,(H,15,20)(H,16,17,18). The summed E-state index contributed by atoms with van der Waals surface area (Å²) in [5, 5.41) is 6.07. The minimum Gasteiger partial charge on any atom is -0.354 e. The molecule has 1 saturated heterocycles. The van der Waals surface area contributed by atoms with E-state index < -0.39 is 0 Å². The fraction of sp³-hybridized carbons (Fsp3) is 0.615. The average Bonchev–Trinajstić information content (AvgIpc) is 2.46. The van der Waals surface area contributed by atoms with Crippen molar-refractivity contribution in [1.29, 1.82) is 0 Å². The molecule has 6 nitrogen and oxygen atoms in total. The third kappa shape index (κ3) is 3.20. The number of carbonyl (C=O) groups is 1. The summed E-state index contributed by atoms with van der Waals surface area (Å²) in [5.41, 5.74) is 0. The van der Waals surface area contributed by atoms with Crippen LogP contribution in [-0.4, -0.2) is 41.6 Å². The van der Waals surface area contributed by atoms with E-state index >= 15 is 0 Å². The molecule has 1 unspecified atom stereocenters. The molecule has 1 aromatic rings. The van der Waals surface area contributed by atoms with Crippen molar-refractivity contribution in [3.05, 3.63) is 10.7 Å². The highest BCUT2D eigenvalue weighted by Crippen LogP contribution is 2.27. The quantitative estimate of drug-likeness (QED) is 0.854. The molecule has 1 amide bonds. The van der Waals surface area contributed by atoms with E-state index in [1.54, 1.807) is 6.20 Å². The zero-order valence-corrected chi connectivity index (χ0v) is 13.4. The molecule has 110 valence electrons. The third-order valence-corrected chi connectivity index (χ3v) is 3.81. The number of hydrogen-bond donors (Lipinski definition) is 2. The van der Waals surface area contributed by atoms with Crippen LogP contribution in [0.4, 0.5) is 11.8 Å². The lowest BCUT2D eigenvalue weighted by molar-refractivity contribution is -0.123. The zero-order valence-electron chi connectivity index (χ0n) is 11.8. The van der Waals surface area contributed by atoms with Gasteiger partial charge in [0.2, 0.25) is 11.9 Å². The SMILES string of the molecule is CCCNc1ncc(Br)c(N2CCNC(=O)C2CC)n1. The van der Waals surface area contributed by atoms with Crippen molar-refractivity contribution in [2.45, 2.75) is 32.7 Å². The van der Waals surface area contributed by atoms with Gasteiger partial charge in [0.25, 0.3) is 0 Å². The van der Waals surface area contributed by atoms with Crippen LogP contribution in [0.5, 0.6) is 0 Å². The molecular formula is C13H20BrN5O. The van der Waals surface area contributed by atoms with Gasteiger partial charge in [0, 0.05) is 25.8 Å². The van der Waals surface area contributed by atoms with Gasteiger partial charge in [-0.05, 0) is 28.8 Å². The van der Waals surface area contributed by atoms with E-state index in [0.29, 0.717) is 12.5 Å². The Hall–Kier alpha value is -1.37. The molecular weight excluding hydrogens is 322 g/mol. The van der Waals surface area contributed by atoms with Crippen LogP contribution in [0, 0.1) is 0 Å². The number of amides is 1. The molecule has 0 aliphatic carbocycles. The van der Waals surface area contributed by atoms with Crippen molar-refractivity contribution in [3.8, 4) is 0 Å². The van der Waals surface area contributed by atoms with Crippen LogP contribution in [0.15, 0.2) is 10.7 Å². The molecule has 1 aliphatic rings. The van der Waals surface area contributed by atoms with Crippen molar-refractivity contribution >= 4 is 33.6 Å². The minimum absolute atomic E-state index is 0.0623. The first-order valence-corrected chi connectivity index (χ1v) is 7.77. The lowest BCUT2D eigenvalue weighted by atomic mass is 10.1. The fourth-order valence-corrected chi connectivity index (χ4v) is 2.67. The molecule has 2 rings (SSSR count). The molecule has 0 radical (unpaired) electrons. The van der Waals surface area contributed by atoms with Crippen molar-refractivity contribution in [1.82, 2.24) is 15.3 Å². The number of nitrogens with zero attached hydrogens (tertiary/aromatic N) is 3. The Labute approximate surface area is 127 Å². The molecule has 1 aromatic heterocycles. The predicted octanol–water partition coefficient (Wildman–Crippen LogP) is 1.78. The Morgan fingerprint density at radius 2 is 2.35 bits per heavy atom. The molecule has 1 fully saturated rings. The molecule has 2 heterocycles. The average molecular weight is 342 g/mol. The van der Waals surface area contributed by atoms with E-state index in [4.69, 9.17) is 0 Å². The molecule has 20 heavy (non-hydrogen) atoms. The summed E-state index contributed by atoms with van der Waals surface area (Å²) in [6.45, 7) is 6.33. The lowest BCUT2D eigenvalue weighted by Crippen LogP contribution is -2.55. The summed E-state index contributed by atoms with van der Waals surface area (Å²) in [5.74, 6) is 1.44. The Bertz CT molecular complexity index is 482. The second-order valence-corrected chi connectivity index (χ2v) is 5.55. The van der Waals surface area contributed by atoms with Crippen LogP contribution in [0.3, 0.4) is 0 Å². The second kappa shape index (κ2) is 6.88. The maximum absolute atomic E-state index is 12.0. The smallest absolute Gasteiger partial charge is 0.242 e. The number of halogens is 1. The normalized spacial score (nSPS) is 18.9.